The molecule has 0 aliphatic carbocycles. The largest absolute Gasteiger partial charge is 0.497 e. The average molecular weight is 630 g/mol. The molecule has 5 N–H and O–H groups in total. The fourth-order valence-electron chi connectivity index (χ4n) is 4.54. The van der Waals surface area contributed by atoms with E-state index in [9.17, 15) is 24.3 Å². The normalized spacial score (nSPS) is 13.8. The molecule has 0 aliphatic heterocycles. The molecule has 4 atom stereocenters. The highest BCUT2D eigenvalue weighted by Gasteiger charge is 2.32. The number of benzene rings is 2. The second-order valence-electron chi connectivity index (χ2n) is 11.3. The van der Waals surface area contributed by atoms with Crippen LogP contribution in [0.5, 0.6) is 5.75 Å². The predicted octanol–water partition coefficient (Wildman–Crippen LogP) is 2.38. The van der Waals surface area contributed by atoms with Gasteiger partial charge in [-0.05, 0) is 41.5 Å². The number of carbonyl (C=O) groups excluding carboxylic acids is 4. The predicted molar refractivity (Wildman–Crippen MR) is 168 cm³/mol. The molecule has 45 heavy (non-hydrogen) atoms. The van der Waals surface area contributed by atoms with Crippen LogP contribution in [0.15, 0.2) is 54.6 Å². The highest BCUT2D eigenvalue weighted by Crippen LogP contribution is 2.15. The second kappa shape index (κ2) is 18.4. The number of hydrogen-bond acceptors (Lipinski definition) is 9. The number of ether oxygens (including phenoxy) is 3. The summed E-state index contributed by atoms with van der Waals surface area (Å²) in [5.41, 5.74) is 4.49. The van der Waals surface area contributed by atoms with Crippen molar-refractivity contribution in [1.82, 2.24) is 26.4 Å². The minimum Gasteiger partial charge on any atom is -0.497 e. The molecule has 4 amide bonds. The van der Waals surface area contributed by atoms with Crippen molar-refractivity contribution in [1.29, 1.82) is 0 Å². The van der Waals surface area contributed by atoms with Crippen molar-refractivity contribution in [3.05, 3.63) is 65.7 Å². The fourth-order valence-corrected chi connectivity index (χ4v) is 4.54. The van der Waals surface area contributed by atoms with Crippen LogP contribution in [0, 0.1) is 11.8 Å². The lowest BCUT2D eigenvalue weighted by atomic mass is 9.98. The van der Waals surface area contributed by atoms with Gasteiger partial charge in [0, 0.05) is 13.1 Å². The number of amides is 4. The van der Waals surface area contributed by atoms with E-state index in [1.54, 1.807) is 46.9 Å². The first kappa shape index (κ1) is 36.8. The van der Waals surface area contributed by atoms with E-state index < -0.39 is 48.2 Å². The van der Waals surface area contributed by atoms with Gasteiger partial charge in [-0.25, -0.2) is 14.6 Å². The molecule has 1 unspecified atom stereocenters. The summed E-state index contributed by atoms with van der Waals surface area (Å²) in [6, 6.07) is 13.9. The van der Waals surface area contributed by atoms with Crippen LogP contribution in [0.1, 0.15) is 38.8 Å². The van der Waals surface area contributed by atoms with Crippen LogP contribution in [-0.4, -0.2) is 86.2 Å². The molecular formula is C32H47N5O8. The minimum absolute atomic E-state index is 0.102. The summed E-state index contributed by atoms with van der Waals surface area (Å²) < 4.78 is 14.6. The van der Waals surface area contributed by atoms with Gasteiger partial charge in [-0.1, -0.05) is 70.2 Å². The average Bonchev–Trinajstić information content (AvgIpc) is 3.02. The van der Waals surface area contributed by atoms with Gasteiger partial charge in [-0.2, -0.15) is 0 Å². The molecule has 0 spiro atoms. The summed E-state index contributed by atoms with van der Waals surface area (Å²) in [7, 11) is 3.98. The summed E-state index contributed by atoms with van der Waals surface area (Å²) in [4.78, 5) is 50.7. The van der Waals surface area contributed by atoms with E-state index in [0.717, 1.165) is 11.1 Å². The van der Waals surface area contributed by atoms with Crippen LogP contribution >= 0.6 is 0 Å². The molecule has 0 aliphatic rings. The van der Waals surface area contributed by atoms with E-state index in [0.29, 0.717) is 5.75 Å². The first-order valence-corrected chi connectivity index (χ1v) is 14.8. The topological polar surface area (TPSA) is 168 Å². The van der Waals surface area contributed by atoms with Crippen molar-refractivity contribution in [2.45, 2.75) is 64.9 Å². The summed E-state index contributed by atoms with van der Waals surface area (Å²) in [6.07, 6.45) is -2.43. The molecule has 2 rings (SSSR count). The lowest BCUT2D eigenvalue weighted by Gasteiger charge is -2.33. The van der Waals surface area contributed by atoms with Gasteiger partial charge in [0.1, 0.15) is 17.8 Å². The number of nitrogens with one attached hydrogen (secondary N) is 4. The first-order valence-electron chi connectivity index (χ1n) is 14.8. The van der Waals surface area contributed by atoms with Crippen molar-refractivity contribution in [2.75, 3.05) is 27.9 Å². The molecule has 0 saturated heterocycles. The third kappa shape index (κ3) is 12.3. The molecule has 2 aromatic rings. The number of carbonyl (C=O) groups is 4. The summed E-state index contributed by atoms with van der Waals surface area (Å²) in [5.74, 6) is -0.912. The molecule has 0 bridgehead atoms. The van der Waals surface area contributed by atoms with E-state index in [1.807, 2.05) is 42.5 Å². The Morgan fingerprint density at radius 1 is 0.733 bits per heavy atom. The van der Waals surface area contributed by atoms with Crippen molar-refractivity contribution in [3.63, 3.8) is 0 Å². The number of aliphatic hydroxyl groups is 1. The molecule has 248 valence electrons. The molecule has 13 heteroatoms. The number of hydrazine groups is 1. The van der Waals surface area contributed by atoms with E-state index >= 15 is 0 Å². The quantitative estimate of drug-likeness (QED) is 0.175. The Labute approximate surface area is 264 Å². The van der Waals surface area contributed by atoms with E-state index in [-0.39, 0.29) is 31.3 Å². The van der Waals surface area contributed by atoms with Gasteiger partial charge in [0.05, 0.1) is 33.5 Å². The molecule has 2 aromatic carbocycles. The van der Waals surface area contributed by atoms with E-state index in [1.165, 1.54) is 19.2 Å². The van der Waals surface area contributed by atoms with Gasteiger partial charge in [-0.3, -0.25) is 15.0 Å². The Hall–Kier alpha value is -4.36. The van der Waals surface area contributed by atoms with Crippen molar-refractivity contribution in [2.24, 2.45) is 11.8 Å². The van der Waals surface area contributed by atoms with Crippen LogP contribution in [0.3, 0.4) is 0 Å². The van der Waals surface area contributed by atoms with Gasteiger partial charge < -0.3 is 35.3 Å². The lowest BCUT2D eigenvalue weighted by molar-refractivity contribution is -0.131. The summed E-state index contributed by atoms with van der Waals surface area (Å²) in [5, 5.41) is 21.1. The maximum Gasteiger partial charge on any atom is 0.407 e. The molecule has 0 radical (unpaired) electrons. The van der Waals surface area contributed by atoms with Gasteiger partial charge >= 0.3 is 12.2 Å². The van der Waals surface area contributed by atoms with E-state index in [4.69, 9.17) is 9.47 Å². The zero-order valence-electron chi connectivity index (χ0n) is 27.0. The zero-order chi connectivity index (χ0) is 33.5. The van der Waals surface area contributed by atoms with Crippen LogP contribution in [0.4, 0.5) is 9.59 Å². The Bertz CT molecular complexity index is 1230. The molecule has 0 fully saturated rings. The second-order valence-corrected chi connectivity index (χ2v) is 11.3. The molecule has 0 saturated carbocycles. The Kier molecular flexibility index (Phi) is 15.1. The number of hydrogen-bond donors (Lipinski definition) is 5. The Morgan fingerprint density at radius 3 is 1.76 bits per heavy atom. The molecule has 13 nitrogen and oxygen atoms in total. The maximum atomic E-state index is 13.4. The Balaban J connectivity index is 2.38. The molecular weight excluding hydrogens is 582 g/mol. The van der Waals surface area contributed by atoms with Crippen LogP contribution in [-0.2, 0) is 32.0 Å². The third-order valence-electron chi connectivity index (χ3n) is 7.11. The van der Waals surface area contributed by atoms with Crippen molar-refractivity contribution < 1.29 is 38.5 Å². The summed E-state index contributed by atoms with van der Waals surface area (Å²) >= 11 is 0. The minimum atomic E-state index is -1.19. The number of nitrogens with zero attached hydrogens (tertiary/aromatic N) is 1. The highest BCUT2D eigenvalue weighted by molar-refractivity contribution is 5.86. The highest BCUT2D eigenvalue weighted by atomic mass is 16.5. The standard InChI is InChI=1S/C32H47N5O8/c1-20(2)27(34-31(41)44-6)29(39)33-25(17-22-11-9-8-10-12-22)26(38)19-37(18-23-13-15-24(43-5)16-14-23)36-30(40)28(21(3)4)35-32(42)45-7/h8-16,20-21,25-28,38H,17-19H2,1-7H3,(H,33,39)(H,34,41)(H,35,42)(H,36,40)/t25-,26?,27-,28-/m0/s1. The van der Waals surface area contributed by atoms with Crippen LogP contribution < -0.4 is 26.1 Å². The van der Waals surface area contributed by atoms with Crippen LogP contribution in [0.2, 0.25) is 0 Å². The Morgan fingerprint density at radius 2 is 1.27 bits per heavy atom. The van der Waals surface area contributed by atoms with Gasteiger partial charge in [0.2, 0.25) is 5.91 Å². The van der Waals surface area contributed by atoms with E-state index in [2.05, 4.69) is 26.1 Å². The SMILES string of the molecule is COC(=O)N[C@H](C(=O)N[C@@H](Cc1ccccc1)C(O)CN(Cc1ccc(OC)cc1)NC(=O)[C@@H](NC(=O)OC)C(C)C)C(C)C. The monoisotopic (exact) mass is 629 g/mol. The van der Waals surface area contributed by atoms with Gasteiger partial charge in [0.25, 0.3) is 5.91 Å². The number of methoxy groups -OCH3 is 3. The lowest BCUT2D eigenvalue weighted by Crippen LogP contribution is -2.59. The van der Waals surface area contributed by atoms with Gasteiger partial charge in [0.15, 0.2) is 0 Å². The first-order chi connectivity index (χ1) is 21.4. The van der Waals surface area contributed by atoms with Gasteiger partial charge in [-0.15, -0.1) is 0 Å². The maximum absolute atomic E-state index is 13.4. The zero-order valence-corrected chi connectivity index (χ0v) is 27.0. The van der Waals surface area contributed by atoms with Crippen molar-refractivity contribution in [3.8, 4) is 5.75 Å². The number of rotatable bonds is 16. The summed E-state index contributed by atoms with van der Waals surface area (Å²) in [6.45, 7) is 7.20. The van der Waals surface area contributed by atoms with Crippen molar-refractivity contribution >= 4 is 24.0 Å². The third-order valence-corrected chi connectivity index (χ3v) is 7.11. The number of aliphatic hydroxyl groups excluding tert-OH is 1. The molecule has 0 aromatic heterocycles. The fraction of sp³-hybridized carbons (Fsp3) is 0.500. The molecule has 0 heterocycles. The van der Waals surface area contributed by atoms with Crippen LogP contribution in [0.25, 0.3) is 0 Å². The number of alkyl carbamates (subject to hydrolysis) is 2. The smallest absolute Gasteiger partial charge is 0.407 e.